The van der Waals surface area contributed by atoms with Crippen molar-refractivity contribution >= 4 is 22.8 Å². The van der Waals surface area contributed by atoms with Crippen molar-refractivity contribution in [1.82, 2.24) is 4.98 Å². The van der Waals surface area contributed by atoms with Gasteiger partial charge in [0.2, 0.25) is 0 Å². The predicted molar refractivity (Wildman–Crippen MR) is 42.8 cm³/mol. The van der Waals surface area contributed by atoms with Crippen LogP contribution in [-0.4, -0.2) is 4.98 Å². The fourth-order valence-electron chi connectivity index (χ4n) is 0.987. The summed E-state index contributed by atoms with van der Waals surface area (Å²) in [6, 6.07) is 5.47. The second-order valence-corrected chi connectivity index (χ2v) is 2.25. The Labute approximate surface area is 62.8 Å². The zero-order valence-corrected chi connectivity index (χ0v) is 5.74. The maximum Gasteiger partial charge on any atom is 0.293 e. The average Bonchev–Trinajstić information content (AvgIpc) is 2.31. The molecule has 1 heterocycles. The lowest BCUT2D eigenvalue weighted by Crippen LogP contribution is -1.86. The third-order valence-electron chi connectivity index (χ3n) is 1.47. The van der Waals surface area contributed by atoms with Crippen LogP contribution >= 0.6 is 0 Å². The van der Waals surface area contributed by atoms with Gasteiger partial charge in [-0.2, -0.15) is 4.98 Å². The summed E-state index contributed by atoms with van der Waals surface area (Å²) in [4.78, 5) is 3.90. The van der Waals surface area contributed by atoms with E-state index in [1.165, 1.54) is 0 Å². The molecule has 0 unspecified atom stereocenters. The third kappa shape index (κ3) is 0.797. The molecule has 0 aliphatic carbocycles. The molecule has 4 N–H and O–H groups in total. The molecular formula is C7H7N3O. The Bertz CT molecular complexity index is 393. The van der Waals surface area contributed by atoms with E-state index >= 15 is 0 Å². The average molecular weight is 149 g/mol. The van der Waals surface area contributed by atoms with Crippen LogP contribution in [0.1, 0.15) is 0 Å². The zero-order chi connectivity index (χ0) is 7.84. The first kappa shape index (κ1) is 6.03. The highest BCUT2D eigenvalue weighted by Crippen LogP contribution is 2.21. The maximum absolute atomic E-state index is 5.59. The molecule has 0 radical (unpaired) electrons. The summed E-state index contributed by atoms with van der Waals surface area (Å²) in [6.07, 6.45) is 0. The zero-order valence-electron chi connectivity index (χ0n) is 5.74. The molecule has 4 heteroatoms. The van der Waals surface area contributed by atoms with Gasteiger partial charge in [0.15, 0.2) is 5.58 Å². The minimum atomic E-state index is 0.151. The van der Waals surface area contributed by atoms with E-state index in [1.54, 1.807) is 18.2 Å². The SMILES string of the molecule is Nc1nc2c(N)cccc2o1. The quantitative estimate of drug-likeness (QED) is 0.547. The summed E-state index contributed by atoms with van der Waals surface area (Å²) in [5.41, 5.74) is 12.8. The number of para-hydroxylation sites is 1. The molecule has 0 aliphatic heterocycles. The Morgan fingerprint density at radius 3 is 2.82 bits per heavy atom. The van der Waals surface area contributed by atoms with Gasteiger partial charge in [0.1, 0.15) is 5.52 Å². The van der Waals surface area contributed by atoms with Gasteiger partial charge in [0, 0.05) is 0 Å². The van der Waals surface area contributed by atoms with Crippen LogP contribution in [0.2, 0.25) is 0 Å². The highest BCUT2D eigenvalue weighted by atomic mass is 16.4. The van der Waals surface area contributed by atoms with Crippen LogP contribution in [0, 0.1) is 0 Å². The van der Waals surface area contributed by atoms with Crippen LogP contribution in [-0.2, 0) is 0 Å². The lowest BCUT2D eigenvalue weighted by atomic mass is 10.3. The first-order chi connectivity index (χ1) is 5.27. The minimum Gasteiger partial charge on any atom is -0.424 e. The van der Waals surface area contributed by atoms with Gasteiger partial charge >= 0.3 is 0 Å². The van der Waals surface area contributed by atoms with E-state index < -0.39 is 0 Å². The van der Waals surface area contributed by atoms with Crippen molar-refractivity contribution < 1.29 is 4.42 Å². The first-order valence-electron chi connectivity index (χ1n) is 3.18. The van der Waals surface area contributed by atoms with E-state index in [9.17, 15) is 0 Å². The van der Waals surface area contributed by atoms with E-state index in [0.29, 0.717) is 16.8 Å². The number of rotatable bonds is 0. The number of aromatic nitrogens is 1. The van der Waals surface area contributed by atoms with E-state index in [1.807, 2.05) is 0 Å². The van der Waals surface area contributed by atoms with Gasteiger partial charge in [-0.15, -0.1) is 0 Å². The molecule has 2 rings (SSSR count). The Morgan fingerprint density at radius 2 is 2.09 bits per heavy atom. The van der Waals surface area contributed by atoms with Crippen molar-refractivity contribution in [2.45, 2.75) is 0 Å². The van der Waals surface area contributed by atoms with Gasteiger partial charge in [-0.1, -0.05) is 6.07 Å². The molecule has 1 aromatic heterocycles. The molecule has 1 aromatic carbocycles. The normalized spacial score (nSPS) is 10.5. The van der Waals surface area contributed by atoms with Crippen molar-refractivity contribution in [3.8, 4) is 0 Å². The van der Waals surface area contributed by atoms with Crippen LogP contribution < -0.4 is 11.5 Å². The highest BCUT2D eigenvalue weighted by Gasteiger charge is 2.03. The van der Waals surface area contributed by atoms with Gasteiger partial charge in [-0.25, -0.2) is 0 Å². The number of oxazole rings is 1. The number of nitrogen functional groups attached to an aromatic ring is 2. The van der Waals surface area contributed by atoms with Gasteiger partial charge in [0.25, 0.3) is 6.01 Å². The second-order valence-electron chi connectivity index (χ2n) is 2.25. The lowest BCUT2D eigenvalue weighted by molar-refractivity contribution is 0.626. The first-order valence-corrected chi connectivity index (χ1v) is 3.18. The molecule has 4 nitrogen and oxygen atoms in total. The van der Waals surface area contributed by atoms with Crippen molar-refractivity contribution in [2.75, 3.05) is 11.5 Å². The summed E-state index contributed by atoms with van der Waals surface area (Å²) < 4.78 is 5.04. The second kappa shape index (κ2) is 1.88. The number of benzene rings is 1. The van der Waals surface area contributed by atoms with Crippen LogP contribution in [0.4, 0.5) is 11.7 Å². The maximum atomic E-state index is 5.59. The molecule has 0 aliphatic rings. The molecule has 0 amide bonds. The molecule has 0 saturated heterocycles. The third-order valence-corrected chi connectivity index (χ3v) is 1.47. The fraction of sp³-hybridized carbons (Fsp3) is 0. The molecule has 0 saturated carbocycles. The number of hydrogen-bond acceptors (Lipinski definition) is 4. The number of nitrogens with two attached hydrogens (primary N) is 2. The van der Waals surface area contributed by atoms with E-state index in [4.69, 9.17) is 15.9 Å². The summed E-state index contributed by atoms with van der Waals surface area (Å²) in [7, 11) is 0. The smallest absolute Gasteiger partial charge is 0.293 e. The highest BCUT2D eigenvalue weighted by molar-refractivity contribution is 5.86. The van der Waals surface area contributed by atoms with Crippen molar-refractivity contribution in [1.29, 1.82) is 0 Å². The van der Waals surface area contributed by atoms with Crippen molar-refractivity contribution in [2.24, 2.45) is 0 Å². The molecule has 0 spiro atoms. The molecule has 0 atom stereocenters. The Morgan fingerprint density at radius 1 is 1.27 bits per heavy atom. The number of hydrogen-bond donors (Lipinski definition) is 2. The van der Waals surface area contributed by atoms with E-state index in [0.717, 1.165) is 0 Å². The van der Waals surface area contributed by atoms with Crippen LogP contribution in [0.3, 0.4) is 0 Å². The van der Waals surface area contributed by atoms with Crippen molar-refractivity contribution in [3.05, 3.63) is 18.2 Å². The van der Waals surface area contributed by atoms with Crippen LogP contribution in [0.25, 0.3) is 11.1 Å². The van der Waals surface area contributed by atoms with Gasteiger partial charge in [-0.3, -0.25) is 0 Å². The van der Waals surface area contributed by atoms with E-state index in [2.05, 4.69) is 4.98 Å². The minimum absolute atomic E-state index is 0.151. The molecule has 56 valence electrons. The van der Waals surface area contributed by atoms with Crippen LogP contribution in [0.5, 0.6) is 0 Å². The molecule has 11 heavy (non-hydrogen) atoms. The largest absolute Gasteiger partial charge is 0.424 e. The van der Waals surface area contributed by atoms with Crippen molar-refractivity contribution in [3.63, 3.8) is 0 Å². The number of fused-ring (bicyclic) bond motifs is 1. The van der Waals surface area contributed by atoms with Crippen LogP contribution in [0.15, 0.2) is 22.6 Å². The van der Waals surface area contributed by atoms with Gasteiger partial charge in [-0.05, 0) is 12.1 Å². The fourth-order valence-corrected chi connectivity index (χ4v) is 0.987. The number of anilines is 2. The molecule has 2 aromatic rings. The molecule has 0 bridgehead atoms. The molecule has 0 fully saturated rings. The summed E-state index contributed by atoms with van der Waals surface area (Å²) >= 11 is 0. The standard InChI is InChI=1S/C7H7N3O/c8-4-2-1-3-5-6(4)10-7(9)11-5/h1-3H,8H2,(H2,9,10). The van der Waals surface area contributed by atoms with Gasteiger partial charge < -0.3 is 15.9 Å². The van der Waals surface area contributed by atoms with Gasteiger partial charge in [0.05, 0.1) is 5.69 Å². The summed E-state index contributed by atoms with van der Waals surface area (Å²) in [5.74, 6) is 0. The predicted octanol–water partition coefficient (Wildman–Crippen LogP) is 0.992. The summed E-state index contributed by atoms with van der Waals surface area (Å²) in [5, 5.41) is 0. The Kier molecular flexibility index (Phi) is 1.03. The number of nitrogens with zero attached hydrogens (tertiary/aromatic N) is 1. The summed E-state index contributed by atoms with van der Waals surface area (Å²) in [6.45, 7) is 0. The lowest BCUT2D eigenvalue weighted by Gasteiger charge is -1.88. The topological polar surface area (TPSA) is 78.1 Å². The Balaban J connectivity index is 2.90. The molecular weight excluding hydrogens is 142 g/mol. The Hall–Kier alpha value is -1.71. The monoisotopic (exact) mass is 149 g/mol. The van der Waals surface area contributed by atoms with E-state index in [-0.39, 0.29) is 6.01 Å².